The molecule has 0 saturated carbocycles. The molecule has 0 spiro atoms. The van der Waals surface area contributed by atoms with E-state index in [1.807, 2.05) is 27.7 Å². The molecule has 5 heteroatoms. The van der Waals surface area contributed by atoms with Crippen LogP contribution in [0.1, 0.15) is 27.7 Å². The lowest BCUT2D eigenvalue weighted by molar-refractivity contribution is 0.0528. The molecule has 0 aliphatic rings. The maximum absolute atomic E-state index is 11.3. The normalized spacial score (nSPS) is 11.1. The molecule has 0 unspecified atom stereocenters. The van der Waals surface area contributed by atoms with Crippen LogP contribution in [0.2, 0.25) is 0 Å². The molecule has 18 heavy (non-hydrogen) atoms. The molecule has 0 aromatic carbocycles. The molecule has 106 valence electrons. The zero-order chi connectivity index (χ0) is 14.0. The monoisotopic (exact) mass is 258 g/mol. The van der Waals surface area contributed by atoms with Gasteiger partial charge in [0.1, 0.15) is 5.60 Å². The van der Waals surface area contributed by atoms with Gasteiger partial charge in [-0.2, -0.15) is 0 Å². The van der Waals surface area contributed by atoms with Crippen LogP contribution in [0.15, 0.2) is 12.2 Å². The van der Waals surface area contributed by atoms with Crippen molar-refractivity contribution < 1.29 is 14.3 Å². The van der Waals surface area contributed by atoms with Crippen molar-refractivity contribution in [1.82, 2.24) is 10.6 Å². The van der Waals surface area contributed by atoms with Crippen molar-refractivity contribution in [2.75, 3.05) is 32.8 Å². The number of amides is 1. The number of alkyl carbamates (subject to hydrolysis) is 1. The third kappa shape index (κ3) is 13.0. The molecule has 0 aromatic heterocycles. The number of carbonyl (C=O) groups is 1. The van der Waals surface area contributed by atoms with Gasteiger partial charge < -0.3 is 20.1 Å². The molecule has 1 amide bonds. The molecule has 0 fully saturated rings. The van der Waals surface area contributed by atoms with Gasteiger partial charge in [0, 0.05) is 19.6 Å². The highest BCUT2D eigenvalue weighted by molar-refractivity contribution is 5.67. The van der Waals surface area contributed by atoms with Gasteiger partial charge in [0.05, 0.1) is 13.2 Å². The summed E-state index contributed by atoms with van der Waals surface area (Å²) < 4.78 is 10.4. The van der Waals surface area contributed by atoms with Crippen molar-refractivity contribution in [3.05, 3.63) is 12.2 Å². The minimum Gasteiger partial charge on any atom is -0.444 e. The van der Waals surface area contributed by atoms with Crippen LogP contribution < -0.4 is 10.6 Å². The van der Waals surface area contributed by atoms with E-state index in [9.17, 15) is 4.79 Å². The van der Waals surface area contributed by atoms with Gasteiger partial charge >= 0.3 is 6.09 Å². The number of carbonyl (C=O) groups excluding carboxylic acids is 1. The molecule has 0 saturated heterocycles. The summed E-state index contributed by atoms with van der Waals surface area (Å²) in [6.45, 7) is 14.4. The summed E-state index contributed by atoms with van der Waals surface area (Å²) in [4.78, 5) is 11.3. The second-order valence-corrected chi connectivity index (χ2v) is 5.19. The number of hydrogen-bond donors (Lipinski definition) is 2. The van der Waals surface area contributed by atoms with E-state index >= 15 is 0 Å². The van der Waals surface area contributed by atoms with Crippen molar-refractivity contribution in [3.8, 4) is 0 Å². The van der Waals surface area contributed by atoms with Crippen molar-refractivity contribution in [1.29, 1.82) is 0 Å². The number of nitrogens with one attached hydrogen (secondary N) is 2. The summed E-state index contributed by atoms with van der Waals surface area (Å²) in [6, 6.07) is 0. The molecular weight excluding hydrogens is 232 g/mol. The average Bonchev–Trinajstić information content (AvgIpc) is 2.18. The molecule has 0 radical (unpaired) electrons. The quantitative estimate of drug-likeness (QED) is 0.514. The molecular formula is C13H26N2O3. The van der Waals surface area contributed by atoms with Gasteiger partial charge in [-0.3, -0.25) is 0 Å². The van der Waals surface area contributed by atoms with Crippen molar-refractivity contribution in [2.24, 2.45) is 0 Å². The first kappa shape index (κ1) is 16.9. The lowest BCUT2D eigenvalue weighted by atomic mass is 10.2. The summed E-state index contributed by atoms with van der Waals surface area (Å²) in [5.41, 5.74) is 0.565. The highest BCUT2D eigenvalue weighted by Crippen LogP contribution is 2.05. The minimum atomic E-state index is -0.450. The van der Waals surface area contributed by atoms with E-state index in [1.54, 1.807) is 0 Å². The first-order chi connectivity index (χ1) is 8.31. The largest absolute Gasteiger partial charge is 0.444 e. The van der Waals surface area contributed by atoms with Crippen molar-refractivity contribution >= 4 is 6.09 Å². The lowest BCUT2D eigenvalue weighted by Crippen LogP contribution is -2.37. The van der Waals surface area contributed by atoms with Crippen LogP contribution in [0.5, 0.6) is 0 Å². The van der Waals surface area contributed by atoms with E-state index in [4.69, 9.17) is 9.47 Å². The van der Waals surface area contributed by atoms with Gasteiger partial charge in [-0.25, -0.2) is 4.79 Å². The summed E-state index contributed by atoms with van der Waals surface area (Å²) in [6.07, 6.45) is -0.386. The average molecular weight is 258 g/mol. The Labute approximate surface area is 110 Å². The van der Waals surface area contributed by atoms with Gasteiger partial charge in [-0.1, -0.05) is 12.2 Å². The number of hydrogen-bond acceptors (Lipinski definition) is 4. The third-order valence-electron chi connectivity index (χ3n) is 1.74. The highest BCUT2D eigenvalue weighted by atomic mass is 16.6. The Bertz CT molecular complexity index is 259. The van der Waals surface area contributed by atoms with E-state index in [0.717, 1.165) is 12.1 Å². The Morgan fingerprint density at radius 1 is 1.22 bits per heavy atom. The molecule has 0 atom stereocenters. The Hall–Kier alpha value is -1.07. The lowest BCUT2D eigenvalue weighted by Gasteiger charge is -2.19. The van der Waals surface area contributed by atoms with Crippen molar-refractivity contribution in [3.63, 3.8) is 0 Å². The molecule has 5 nitrogen and oxygen atoms in total. The van der Waals surface area contributed by atoms with E-state index in [2.05, 4.69) is 17.2 Å². The maximum Gasteiger partial charge on any atom is 0.407 e. The Kier molecular flexibility index (Phi) is 8.41. The molecule has 0 bridgehead atoms. The maximum atomic E-state index is 11.3. The molecule has 0 aliphatic heterocycles. The number of ether oxygens (including phenoxy) is 2. The van der Waals surface area contributed by atoms with Crippen LogP contribution >= 0.6 is 0 Å². The Morgan fingerprint density at radius 2 is 1.89 bits per heavy atom. The number of rotatable bonds is 8. The molecule has 2 N–H and O–H groups in total. The van der Waals surface area contributed by atoms with Crippen LogP contribution in [0, 0.1) is 0 Å². The first-order valence-corrected chi connectivity index (χ1v) is 6.21. The zero-order valence-electron chi connectivity index (χ0n) is 12.0. The van der Waals surface area contributed by atoms with E-state index < -0.39 is 5.60 Å². The van der Waals surface area contributed by atoms with Crippen LogP contribution in [0.4, 0.5) is 4.79 Å². The summed E-state index contributed by atoms with van der Waals surface area (Å²) >= 11 is 0. The standard InChI is InChI=1S/C13H26N2O3/c1-11(2)10-17-9-8-14-6-7-15-12(16)18-13(3,4)5/h14H,1,6-10H2,2-5H3,(H,15,16). The second kappa shape index (κ2) is 8.94. The summed E-state index contributed by atoms with van der Waals surface area (Å²) in [5.74, 6) is 0. The fourth-order valence-electron chi connectivity index (χ4n) is 1.08. The van der Waals surface area contributed by atoms with Gasteiger partial charge in [0.15, 0.2) is 0 Å². The second-order valence-electron chi connectivity index (χ2n) is 5.19. The highest BCUT2D eigenvalue weighted by Gasteiger charge is 2.15. The van der Waals surface area contributed by atoms with Crippen LogP contribution in [-0.2, 0) is 9.47 Å². The molecule has 0 rings (SSSR count). The fourth-order valence-corrected chi connectivity index (χ4v) is 1.08. The van der Waals surface area contributed by atoms with Gasteiger partial charge in [-0.15, -0.1) is 0 Å². The van der Waals surface area contributed by atoms with Crippen LogP contribution in [0.3, 0.4) is 0 Å². The predicted molar refractivity (Wildman–Crippen MR) is 72.7 cm³/mol. The molecule has 0 aromatic rings. The zero-order valence-corrected chi connectivity index (χ0v) is 12.0. The van der Waals surface area contributed by atoms with Gasteiger partial charge in [0.25, 0.3) is 0 Å². The van der Waals surface area contributed by atoms with Gasteiger partial charge in [-0.05, 0) is 27.7 Å². The van der Waals surface area contributed by atoms with Gasteiger partial charge in [0.2, 0.25) is 0 Å². The Morgan fingerprint density at radius 3 is 2.44 bits per heavy atom. The third-order valence-corrected chi connectivity index (χ3v) is 1.74. The van der Waals surface area contributed by atoms with Crippen LogP contribution in [-0.4, -0.2) is 44.5 Å². The van der Waals surface area contributed by atoms with E-state index in [-0.39, 0.29) is 6.09 Å². The smallest absolute Gasteiger partial charge is 0.407 e. The first-order valence-electron chi connectivity index (χ1n) is 6.21. The van der Waals surface area contributed by atoms with Crippen molar-refractivity contribution in [2.45, 2.75) is 33.3 Å². The van der Waals surface area contributed by atoms with E-state index in [0.29, 0.717) is 26.3 Å². The van der Waals surface area contributed by atoms with Crippen LogP contribution in [0.25, 0.3) is 0 Å². The molecule has 0 aliphatic carbocycles. The fraction of sp³-hybridized carbons (Fsp3) is 0.769. The van der Waals surface area contributed by atoms with E-state index in [1.165, 1.54) is 0 Å². The summed E-state index contributed by atoms with van der Waals surface area (Å²) in [5, 5.41) is 5.82. The SMILES string of the molecule is C=C(C)COCCNCCNC(=O)OC(C)(C)C. The summed E-state index contributed by atoms with van der Waals surface area (Å²) in [7, 11) is 0. The minimum absolute atomic E-state index is 0.386. The molecule has 0 heterocycles. The predicted octanol–water partition coefficient (Wildman–Crippen LogP) is 1.69. The Balaban J connectivity index is 3.30. The topological polar surface area (TPSA) is 59.6 Å².